The van der Waals surface area contributed by atoms with E-state index in [0.29, 0.717) is 0 Å². The van der Waals surface area contributed by atoms with Crippen LogP contribution in [0.15, 0.2) is 217 Å². The third-order valence-electron chi connectivity index (χ3n) is 10.5. The van der Waals surface area contributed by atoms with E-state index < -0.39 is 0 Å². The zero-order valence-corrected chi connectivity index (χ0v) is 29.6. The number of fused-ring (bicyclic) bond motifs is 5. The summed E-state index contributed by atoms with van der Waals surface area (Å²) in [6.45, 7) is 0. The van der Waals surface area contributed by atoms with Crippen LogP contribution < -0.4 is 4.90 Å². The molecule has 0 radical (unpaired) electrons. The lowest BCUT2D eigenvalue weighted by Gasteiger charge is -2.26. The van der Waals surface area contributed by atoms with Gasteiger partial charge in [-0.25, -0.2) is 0 Å². The molecular formula is C52H35NO. The summed E-state index contributed by atoms with van der Waals surface area (Å²) < 4.78 is 6.45. The Morgan fingerprint density at radius 2 is 0.704 bits per heavy atom. The summed E-state index contributed by atoms with van der Waals surface area (Å²) in [5.41, 5.74) is 14.6. The van der Waals surface area contributed by atoms with Crippen LogP contribution in [0.25, 0.3) is 77.2 Å². The second kappa shape index (κ2) is 13.4. The largest absolute Gasteiger partial charge is 0.456 e. The highest BCUT2D eigenvalue weighted by Crippen LogP contribution is 2.42. The van der Waals surface area contributed by atoms with Gasteiger partial charge in [-0.05, 0) is 110 Å². The zero-order chi connectivity index (χ0) is 35.8. The average Bonchev–Trinajstić information content (AvgIpc) is 3.64. The summed E-state index contributed by atoms with van der Waals surface area (Å²) >= 11 is 0. The molecular weight excluding hydrogens is 655 g/mol. The molecule has 1 aromatic heterocycles. The Hall–Kier alpha value is -7.16. The third-order valence-corrected chi connectivity index (χ3v) is 10.5. The number of hydrogen-bond acceptors (Lipinski definition) is 2. The summed E-state index contributed by atoms with van der Waals surface area (Å²) in [7, 11) is 0. The van der Waals surface area contributed by atoms with Gasteiger partial charge in [0.1, 0.15) is 11.2 Å². The van der Waals surface area contributed by atoms with E-state index in [1.54, 1.807) is 0 Å². The topological polar surface area (TPSA) is 16.4 Å². The Bertz CT molecular complexity index is 2790. The maximum Gasteiger partial charge on any atom is 0.136 e. The molecule has 10 aromatic rings. The fourth-order valence-electron chi connectivity index (χ4n) is 7.79. The van der Waals surface area contributed by atoms with Crippen LogP contribution in [0.4, 0.5) is 17.1 Å². The van der Waals surface area contributed by atoms with Gasteiger partial charge in [-0.1, -0.05) is 158 Å². The SMILES string of the molecule is c1ccc(-c2ccc(N(c3ccc(-c4ccccc4)cc3)c3ccc(-c4ccc5c(-c6ccccc6)cc6oc7ccccc7c6c5c4)cc3)cc2)cc1. The molecule has 9 aromatic carbocycles. The lowest BCUT2D eigenvalue weighted by molar-refractivity contribution is 0.669. The molecule has 0 N–H and O–H groups in total. The van der Waals surface area contributed by atoms with Crippen LogP contribution >= 0.6 is 0 Å². The van der Waals surface area contributed by atoms with Gasteiger partial charge in [0.05, 0.1) is 0 Å². The molecule has 0 spiro atoms. The van der Waals surface area contributed by atoms with Crippen LogP contribution in [0.3, 0.4) is 0 Å². The monoisotopic (exact) mass is 689 g/mol. The molecule has 0 fully saturated rings. The second-order valence-corrected chi connectivity index (χ2v) is 13.7. The van der Waals surface area contributed by atoms with Crippen LogP contribution in [-0.4, -0.2) is 0 Å². The summed E-state index contributed by atoms with van der Waals surface area (Å²) in [6, 6.07) is 75.8. The quantitative estimate of drug-likeness (QED) is 0.166. The van der Waals surface area contributed by atoms with Crippen molar-refractivity contribution < 1.29 is 4.42 Å². The molecule has 10 rings (SSSR count). The van der Waals surface area contributed by atoms with Crippen LogP contribution in [0, 0.1) is 0 Å². The van der Waals surface area contributed by atoms with E-state index >= 15 is 0 Å². The Morgan fingerprint density at radius 3 is 1.24 bits per heavy atom. The predicted octanol–water partition coefficient (Wildman–Crippen LogP) is 14.9. The second-order valence-electron chi connectivity index (χ2n) is 13.7. The van der Waals surface area contributed by atoms with Crippen molar-refractivity contribution in [2.45, 2.75) is 0 Å². The first kappa shape index (κ1) is 31.6. The van der Waals surface area contributed by atoms with Crippen LogP contribution in [0.2, 0.25) is 0 Å². The molecule has 0 saturated carbocycles. The molecule has 0 aliphatic rings. The van der Waals surface area contributed by atoms with Crippen molar-refractivity contribution in [3.63, 3.8) is 0 Å². The van der Waals surface area contributed by atoms with E-state index in [9.17, 15) is 0 Å². The minimum atomic E-state index is 0.905. The summed E-state index contributed by atoms with van der Waals surface area (Å²) in [4.78, 5) is 2.33. The Morgan fingerprint density at radius 1 is 0.278 bits per heavy atom. The number of hydrogen-bond donors (Lipinski definition) is 0. The Labute approximate surface area is 314 Å². The van der Waals surface area contributed by atoms with Gasteiger partial charge < -0.3 is 9.32 Å². The van der Waals surface area contributed by atoms with Crippen LogP contribution in [-0.2, 0) is 0 Å². The fraction of sp³-hybridized carbons (Fsp3) is 0. The maximum absolute atomic E-state index is 6.45. The van der Waals surface area contributed by atoms with Crippen molar-refractivity contribution in [2.24, 2.45) is 0 Å². The molecule has 254 valence electrons. The first-order valence-electron chi connectivity index (χ1n) is 18.4. The van der Waals surface area contributed by atoms with Crippen LogP contribution in [0.5, 0.6) is 0 Å². The van der Waals surface area contributed by atoms with E-state index in [2.05, 4.69) is 211 Å². The molecule has 2 heteroatoms. The van der Waals surface area contributed by atoms with Gasteiger partial charge in [0.2, 0.25) is 0 Å². The van der Waals surface area contributed by atoms with Gasteiger partial charge in [0.25, 0.3) is 0 Å². The number of furan rings is 1. The van der Waals surface area contributed by atoms with Crippen molar-refractivity contribution in [3.05, 3.63) is 212 Å². The van der Waals surface area contributed by atoms with E-state index in [1.807, 2.05) is 6.07 Å². The standard InChI is InChI=1S/C52H35NO/c1-4-12-36(13-5-1)38-20-27-43(28-21-38)53(44-29-22-39(23-30-44)37-14-6-2-7-15-37)45-31-24-40(25-32-45)42-26-33-46-48(41-16-8-3-9-17-41)35-51-52(49(46)34-42)47-18-10-11-19-50(47)54-51/h1-35H. The molecule has 0 atom stereocenters. The highest BCUT2D eigenvalue weighted by atomic mass is 16.3. The normalized spacial score (nSPS) is 11.3. The zero-order valence-electron chi connectivity index (χ0n) is 29.6. The van der Waals surface area contributed by atoms with Gasteiger partial charge in [0.15, 0.2) is 0 Å². The molecule has 0 aliphatic heterocycles. The summed E-state index contributed by atoms with van der Waals surface area (Å²) in [5, 5.41) is 4.70. The maximum atomic E-state index is 6.45. The van der Waals surface area contributed by atoms with Gasteiger partial charge in [0, 0.05) is 27.8 Å². The molecule has 0 bridgehead atoms. The van der Waals surface area contributed by atoms with Crippen molar-refractivity contribution in [3.8, 4) is 44.5 Å². The van der Waals surface area contributed by atoms with E-state index in [4.69, 9.17) is 4.42 Å². The summed E-state index contributed by atoms with van der Waals surface area (Å²) in [5.74, 6) is 0. The Kier molecular flexibility index (Phi) is 7.85. The molecule has 1 heterocycles. The molecule has 0 amide bonds. The Balaban J connectivity index is 1.07. The number of anilines is 3. The number of para-hydroxylation sites is 1. The predicted molar refractivity (Wildman–Crippen MR) is 228 cm³/mol. The van der Waals surface area contributed by atoms with Crippen LogP contribution in [0.1, 0.15) is 0 Å². The van der Waals surface area contributed by atoms with Gasteiger partial charge in [-0.2, -0.15) is 0 Å². The van der Waals surface area contributed by atoms with E-state index in [-0.39, 0.29) is 0 Å². The molecule has 2 nitrogen and oxygen atoms in total. The lowest BCUT2D eigenvalue weighted by atomic mass is 9.92. The van der Waals surface area contributed by atoms with Gasteiger partial charge in [-0.3, -0.25) is 0 Å². The van der Waals surface area contributed by atoms with E-state index in [1.165, 1.54) is 44.2 Å². The third kappa shape index (κ3) is 5.71. The highest BCUT2D eigenvalue weighted by molar-refractivity contribution is 6.22. The first-order chi connectivity index (χ1) is 26.8. The number of rotatable bonds is 7. The number of nitrogens with zero attached hydrogens (tertiary/aromatic N) is 1. The fourth-order valence-corrected chi connectivity index (χ4v) is 7.79. The lowest BCUT2D eigenvalue weighted by Crippen LogP contribution is -2.09. The minimum Gasteiger partial charge on any atom is -0.456 e. The molecule has 0 aliphatic carbocycles. The number of benzene rings is 9. The first-order valence-corrected chi connectivity index (χ1v) is 18.4. The average molecular weight is 690 g/mol. The molecule has 0 unspecified atom stereocenters. The van der Waals surface area contributed by atoms with Crippen molar-refractivity contribution in [1.82, 2.24) is 0 Å². The smallest absolute Gasteiger partial charge is 0.136 e. The van der Waals surface area contributed by atoms with Crippen molar-refractivity contribution >= 4 is 49.8 Å². The van der Waals surface area contributed by atoms with Crippen molar-refractivity contribution in [2.75, 3.05) is 4.90 Å². The summed E-state index contributed by atoms with van der Waals surface area (Å²) in [6.07, 6.45) is 0. The van der Waals surface area contributed by atoms with Gasteiger partial charge in [-0.15, -0.1) is 0 Å². The minimum absolute atomic E-state index is 0.905. The van der Waals surface area contributed by atoms with E-state index in [0.717, 1.165) is 50.1 Å². The highest BCUT2D eigenvalue weighted by Gasteiger charge is 2.17. The van der Waals surface area contributed by atoms with Gasteiger partial charge >= 0.3 is 0 Å². The van der Waals surface area contributed by atoms with Crippen molar-refractivity contribution in [1.29, 1.82) is 0 Å². The molecule has 0 saturated heterocycles. The molecule has 54 heavy (non-hydrogen) atoms.